The number of amides is 2. The van der Waals surface area contributed by atoms with E-state index in [1.165, 1.54) is 10.7 Å². The Hall–Kier alpha value is -3.43. The maximum atomic E-state index is 13.1. The highest BCUT2D eigenvalue weighted by Crippen LogP contribution is 2.27. The van der Waals surface area contributed by atoms with Gasteiger partial charge in [0, 0.05) is 20.2 Å². The molecule has 1 fully saturated rings. The van der Waals surface area contributed by atoms with Crippen LogP contribution in [-0.4, -0.2) is 54.1 Å². The highest BCUT2D eigenvalue weighted by Gasteiger charge is 2.23. The molecule has 0 radical (unpaired) electrons. The van der Waals surface area contributed by atoms with Gasteiger partial charge in [-0.3, -0.25) is 15.2 Å². The predicted molar refractivity (Wildman–Crippen MR) is 126 cm³/mol. The highest BCUT2D eigenvalue weighted by atomic mass is 19.1. The normalized spacial score (nSPS) is 15.7. The number of anilines is 1. The lowest BCUT2D eigenvalue weighted by molar-refractivity contribution is 0.160. The van der Waals surface area contributed by atoms with Crippen molar-refractivity contribution in [1.82, 2.24) is 14.7 Å². The Morgan fingerprint density at radius 3 is 2.67 bits per heavy atom. The van der Waals surface area contributed by atoms with E-state index in [2.05, 4.69) is 15.3 Å². The number of hydrogen-bond acceptors (Lipinski definition) is 4. The van der Waals surface area contributed by atoms with Crippen LogP contribution in [0.2, 0.25) is 0 Å². The number of hydrogen-bond donors (Lipinski definition) is 3. The van der Waals surface area contributed by atoms with Crippen molar-refractivity contribution in [3.05, 3.63) is 81.9 Å². The number of nitrogens with zero attached hydrogens (tertiary/aromatic N) is 2. The number of nitrogens with one attached hydrogen (secondary N) is 2. The van der Waals surface area contributed by atoms with Crippen molar-refractivity contribution in [1.29, 1.82) is 0 Å². The summed E-state index contributed by atoms with van der Waals surface area (Å²) in [6, 6.07) is 15.4. The van der Waals surface area contributed by atoms with Crippen molar-refractivity contribution in [2.75, 3.05) is 38.7 Å². The molecule has 1 saturated heterocycles. The summed E-state index contributed by atoms with van der Waals surface area (Å²) in [7, 11) is 1.72. The number of benzene rings is 2. The quantitative estimate of drug-likeness (QED) is 0.531. The van der Waals surface area contributed by atoms with Gasteiger partial charge in [-0.05, 0) is 55.6 Å². The fourth-order valence-electron chi connectivity index (χ4n) is 3.84. The molecular formula is C24H30FN5O3. The first-order valence-corrected chi connectivity index (χ1v) is 10.8. The molecule has 2 amide bonds. The second-order valence-corrected chi connectivity index (χ2v) is 7.91. The number of ether oxygens (including phenoxy) is 1. The largest absolute Gasteiger partial charge is 0.383 e. The first kappa shape index (κ1) is 24.2. The van der Waals surface area contributed by atoms with Gasteiger partial charge in [-0.15, -0.1) is 0 Å². The molecule has 3 aromatic rings. The fourth-order valence-corrected chi connectivity index (χ4v) is 3.84. The monoisotopic (exact) mass is 455 g/mol. The maximum absolute atomic E-state index is 13.1. The molecule has 1 aliphatic rings. The minimum Gasteiger partial charge on any atom is -0.383 e. The summed E-state index contributed by atoms with van der Waals surface area (Å²) in [6.45, 7) is 5.47. The number of halogens is 1. The number of methoxy groups -OCH3 is 1. The molecule has 176 valence electrons. The molecule has 4 N–H and O–H groups in total. The van der Waals surface area contributed by atoms with Crippen LogP contribution in [-0.2, 0) is 4.74 Å². The van der Waals surface area contributed by atoms with Crippen LogP contribution in [0, 0.1) is 12.7 Å². The highest BCUT2D eigenvalue weighted by molar-refractivity contribution is 5.87. The van der Waals surface area contributed by atoms with Crippen molar-refractivity contribution < 1.29 is 13.9 Å². The van der Waals surface area contributed by atoms with Crippen LogP contribution in [0.15, 0.2) is 59.4 Å². The summed E-state index contributed by atoms with van der Waals surface area (Å²) in [4.78, 5) is 24.8. The van der Waals surface area contributed by atoms with Crippen molar-refractivity contribution in [2.24, 2.45) is 5.73 Å². The lowest BCUT2D eigenvalue weighted by Gasteiger charge is -2.15. The van der Waals surface area contributed by atoms with Gasteiger partial charge >= 0.3 is 6.03 Å². The van der Waals surface area contributed by atoms with E-state index < -0.39 is 6.03 Å². The smallest absolute Gasteiger partial charge is 0.317 e. The van der Waals surface area contributed by atoms with E-state index >= 15 is 0 Å². The van der Waals surface area contributed by atoms with Gasteiger partial charge < -0.3 is 15.4 Å². The summed E-state index contributed by atoms with van der Waals surface area (Å²) < 4.78 is 19.6. The number of primary amides is 1. The second kappa shape index (κ2) is 11.4. The number of carbonyl (C=O) groups is 1. The third-order valence-corrected chi connectivity index (χ3v) is 5.59. The van der Waals surface area contributed by atoms with Gasteiger partial charge in [0.15, 0.2) is 0 Å². The Balaban J connectivity index is 0.000000186. The van der Waals surface area contributed by atoms with Gasteiger partial charge in [-0.2, -0.15) is 0 Å². The Kier molecular flexibility index (Phi) is 8.39. The number of H-pyrrole nitrogens is 1. The second-order valence-electron chi connectivity index (χ2n) is 7.91. The molecule has 0 spiro atoms. The molecule has 1 unspecified atom stereocenters. The minimum atomic E-state index is -0.711. The molecule has 1 atom stereocenters. The maximum Gasteiger partial charge on any atom is 0.317 e. The van der Waals surface area contributed by atoms with Crippen LogP contribution in [0.3, 0.4) is 0 Å². The van der Waals surface area contributed by atoms with E-state index in [9.17, 15) is 14.0 Å². The predicted octanol–water partition coefficient (Wildman–Crippen LogP) is 3.23. The van der Waals surface area contributed by atoms with Gasteiger partial charge in [-0.25, -0.2) is 13.9 Å². The number of rotatable bonds is 6. The van der Waals surface area contributed by atoms with E-state index in [-0.39, 0.29) is 11.4 Å². The molecule has 8 nitrogen and oxygen atoms in total. The summed E-state index contributed by atoms with van der Waals surface area (Å²) >= 11 is 0. The molecule has 9 heteroatoms. The molecule has 2 heterocycles. The van der Waals surface area contributed by atoms with Crippen LogP contribution in [0.25, 0.3) is 5.69 Å². The number of aromatic amines is 1. The minimum absolute atomic E-state index is 0.132. The van der Waals surface area contributed by atoms with E-state index in [4.69, 9.17) is 10.5 Å². The molecule has 1 aromatic heterocycles. The van der Waals surface area contributed by atoms with Crippen molar-refractivity contribution >= 4 is 11.8 Å². The van der Waals surface area contributed by atoms with Crippen LogP contribution < -0.4 is 16.6 Å². The Bertz CT molecular complexity index is 1110. The van der Waals surface area contributed by atoms with Gasteiger partial charge in [-0.1, -0.05) is 30.3 Å². The summed E-state index contributed by atoms with van der Waals surface area (Å²) in [5, 5.41) is 5.06. The van der Waals surface area contributed by atoms with Crippen molar-refractivity contribution in [3.63, 3.8) is 0 Å². The van der Waals surface area contributed by atoms with Crippen LogP contribution in [0.5, 0.6) is 0 Å². The molecule has 33 heavy (non-hydrogen) atoms. The van der Waals surface area contributed by atoms with E-state index in [0.717, 1.165) is 43.9 Å². The standard InChI is InChI=1S/C13H18FNO.C11H12N4O2/c1-16-8-7-15-6-5-12(10-15)11-3-2-4-13(14)9-11;1-7-9(13-11(12)17)15(14-10(7)16)8-5-3-2-4-6-8/h2-4,9,12H,5-8,10H2,1H3;2-6H,1H3,(H,14,16)(H3,12,13,17). The molecule has 0 saturated carbocycles. The van der Waals surface area contributed by atoms with E-state index in [1.807, 2.05) is 36.4 Å². The van der Waals surface area contributed by atoms with Gasteiger partial charge in [0.05, 0.1) is 17.9 Å². The van der Waals surface area contributed by atoms with E-state index in [1.54, 1.807) is 26.2 Å². The summed E-state index contributed by atoms with van der Waals surface area (Å²) in [5.74, 6) is 0.703. The first-order valence-electron chi connectivity index (χ1n) is 10.8. The number of nitrogens with two attached hydrogens (primary N) is 1. The average Bonchev–Trinajstić information content (AvgIpc) is 3.39. The lowest BCUT2D eigenvalue weighted by atomic mass is 9.98. The third kappa shape index (κ3) is 6.53. The Morgan fingerprint density at radius 1 is 1.24 bits per heavy atom. The molecule has 2 aromatic carbocycles. The zero-order valence-corrected chi connectivity index (χ0v) is 18.9. The average molecular weight is 456 g/mol. The third-order valence-electron chi connectivity index (χ3n) is 5.59. The van der Waals surface area contributed by atoms with Gasteiger partial charge in [0.1, 0.15) is 11.6 Å². The molecule has 0 aliphatic carbocycles. The summed E-state index contributed by atoms with van der Waals surface area (Å²) in [6.07, 6.45) is 1.12. The zero-order chi connectivity index (χ0) is 23.8. The molecule has 0 bridgehead atoms. The molecule has 1 aliphatic heterocycles. The van der Waals surface area contributed by atoms with Crippen molar-refractivity contribution in [3.8, 4) is 5.69 Å². The lowest BCUT2D eigenvalue weighted by Crippen LogP contribution is -2.24. The van der Waals surface area contributed by atoms with Crippen molar-refractivity contribution in [2.45, 2.75) is 19.3 Å². The van der Waals surface area contributed by atoms with E-state index in [0.29, 0.717) is 17.3 Å². The van der Waals surface area contributed by atoms with Crippen LogP contribution in [0.1, 0.15) is 23.5 Å². The Labute approximate surface area is 192 Å². The topological polar surface area (TPSA) is 105 Å². The number of likely N-dealkylation sites (tertiary alicyclic amines) is 1. The van der Waals surface area contributed by atoms with Gasteiger partial charge in [0.2, 0.25) is 0 Å². The zero-order valence-electron chi connectivity index (χ0n) is 18.9. The molecular weight excluding hydrogens is 425 g/mol. The number of para-hydroxylation sites is 1. The fraction of sp³-hybridized carbons (Fsp3) is 0.333. The van der Waals surface area contributed by atoms with Gasteiger partial charge in [0.25, 0.3) is 5.56 Å². The van der Waals surface area contributed by atoms with Crippen LogP contribution >= 0.6 is 0 Å². The van der Waals surface area contributed by atoms with Crippen LogP contribution in [0.4, 0.5) is 15.0 Å². The number of urea groups is 1. The Morgan fingerprint density at radius 2 is 2.00 bits per heavy atom. The number of carbonyl (C=O) groups excluding carboxylic acids is 1. The summed E-state index contributed by atoms with van der Waals surface area (Å²) in [5.41, 5.74) is 7.08. The first-order chi connectivity index (χ1) is 15.9. The SMILES string of the molecule is COCCN1CCC(c2cccc(F)c2)C1.Cc1c(NC(N)=O)n(-c2ccccc2)[nH]c1=O. The molecule has 4 rings (SSSR count). The number of aromatic nitrogens is 2.